The molecule has 2 heterocycles. The lowest BCUT2D eigenvalue weighted by molar-refractivity contribution is -0.147. The van der Waals surface area contributed by atoms with Crippen molar-refractivity contribution in [1.82, 2.24) is 9.80 Å². The first-order chi connectivity index (χ1) is 16.0. The van der Waals surface area contributed by atoms with E-state index in [4.69, 9.17) is 9.47 Å². The average Bonchev–Trinajstić information content (AvgIpc) is 3.24. The first kappa shape index (κ1) is 21.0. The van der Waals surface area contributed by atoms with Crippen LogP contribution in [0.1, 0.15) is 31.2 Å². The lowest BCUT2D eigenvalue weighted by Gasteiger charge is -2.35. The lowest BCUT2D eigenvalue weighted by atomic mass is 9.79. The number of likely N-dealkylation sites (tertiary alicyclic amines) is 1. The fourth-order valence-corrected chi connectivity index (χ4v) is 6.59. The number of rotatable bonds is 5. The van der Waals surface area contributed by atoms with E-state index >= 15 is 0 Å². The van der Waals surface area contributed by atoms with Crippen molar-refractivity contribution in [3.8, 4) is 11.5 Å². The highest BCUT2D eigenvalue weighted by Crippen LogP contribution is 2.51. The van der Waals surface area contributed by atoms with Crippen LogP contribution < -0.4 is 19.3 Å². The Balaban J connectivity index is 1.16. The van der Waals surface area contributed by atoms with Crippen molar-refractivity contribution in [2.45, 2.75) is 37.3 Å². The maximum absolute atomic E-state index is 13.5. The number of fused-ring (bicyclic) bond motifs is 2. The molecule has 2 aromatic carbocycles. The molecule has 6 nitrogen and oxygen atoms in total. The molecule has 5 atom stereocenters. The number of aliphatic hydroxyl groups is 1. The molecule has 6 rings (SSSR count). The fourth-order valence-electron chi connectivity index (χ4n) is 6.59. The predicted molar refractivity (Wildman–Crippen MR) is 126 cm³/mol. The van der Waals surface area contributed by atoms with Crippen LogP contribution in [0.5, 0.6) is 11.5 Å². The summed E-state index contributed by atoms with van der Waals surface area (Å²) in [6.07, 6.45) is 3.95. The van der Waals surface area contributed by atoms with Crippen LogP contribution in [-0.2, 0) is 10.4 Å². The maximum atomic E-state index is 13.5. The Morgan fingerprint density at radius 2 is 1.67 bits per heavy atom. The third kappa shape index (κ3) is 3.42. The van der Waals surface area contributed by atoms with Crippen molar-refractivity contribution in [2.24, 2.45) is 17.8 Å². The van der Waals surface area contributed by atoms with Crippen LogP contribution in [-0.4, -0.2) is 50.4 Å². The Bertz CT molecular complexity index is 1040. The van der Waals surface area contributed by atoms with Gasteiger partial charge in [0.1, 0.15) is 18.9 Å². The molecule has 33 heavy (non-hydrogen) atoms. The van der Waals surface area contributed by atoms with E-state index in [1.165, 1.54) is 5.69 Å². The molecule has 174 valence electrons. The molecule has 2 aromatic rings. The third-order valence-corrected chi connectivity index (χ3v) is 8.51. The number of piperidine rings is 1. The highest BCUT2D eigenvalue weighted by molar-refractivity contribution is 5.87. The summed E-state index contributed by atoms with van der Waals surface area (Å²) in [7, 11) is 2.26. The quantitative estimate of drug-likeness (QED) is 0.688. The number of hydrogen-bond donors (Lipinski definition) is 2. The molecule has 1 amide bonds. The van der Waals surface area contributed by atoms with Gasteiger partial charge in [0, 0.05) is 35.9 Å². The minimum absolute atomic E-state index is 0.0164. The topological polar surface area (TPSA) is 67.8 Å². The second kappa shape index (κ2) is 7.74. The molecule has 2 saturated carbocycles. The van der Waals surface area contributed by atoms with Crippen LogP contribution >= 0.6 is 0 Å². The van der Waals surface area contributed by atoms with Gasteiger partial charge in [0.25, 0.3) is 5.91 Å². The van der Waals surface area contributed by atoms with Crippen molar-refractivity contribution in [2.75, 3.05) is 33.4 Å². The highest BCUT2D eigenvalue weighted by Gasteiger charge is 2.64. The second-order valence-electron chi connectivity index (χ2n) is 10.5. The molecule has 2 N–H and O–H groups in total. The number of carbonyl (C=O) groups is 1. The molecule has 0 aromatic heterocycles. The summed E-state index contributed by atoms with van der Waals surface area (Å²) < 4.78 is 12.3. The molecule has 1 saturated heterocycles. The van der Waals surface area contributed by atoms with Gasteiger partial charge in [-0.05, 0) is 24.5 Å². The van der Waals surface area contributed by atoms with E-state index in [9.17, 15) is 9.90 Å². The molecule has 0 bridgehead atoms. The normalized spacial score (nSPS) is 32.1. The van der Waals surface area contributed by atoms with Gasteiger partial charge < -0.3 is 19.9 Å². The van der Waals surface area contributed by atoms with Gasteiger partial charge in [0.05, 0.1) is 20.1 Å². The molecule has 4 aliphatic rings. The number of nitrogens with zero attached hydrogens (tertiary/aromatic N) is 1. The van der Waals surface area contributed by atoms with Crippen LogP contribution in [0.3, 0.4) is 0 Å². The highest BCUT2D eigenvalue weighted by atomic mass is 16.6. The Hall–Kier alpha value is -2.57. The zero-order valence-corrected chi connectivity index (χ0v) is 19.2. The third-order valence-electron chi connectivity index (χ3n) is 8.51. The van der Waals surface area contributed by atoms with Crippen LogP contribution in [0.2, 0.25) is 0 Å². The van der Waals surface area contributed by atoms with E-state index in [-0.39, 0.29) is 17.9 Å². The summed E-state index contributed by atoms with van der Waals surface area (Å²) in [5, 5.41) is 15.0. The Labute approximate surface area is 195 Å². The number of nitrogens with one attached hydrogen (secondary N) is 1. The van der Waals surface area contributed by atoms with Crippen molar-refractivity contribution >= 4 is 11.6 Å². The fraction of sp³-hybridized carbons (Fsp3) is 0.519. The number of quaternary nitrogens is 1. The Morgan fingerprint density at radius 1 is 1.00 bits per heavy atom. The van der Waals surface area contributed by atoms with E-state index in [2.05, 4.69) is 24.5 Å². The average molecular weight is 450 g/mol. The summed E-state index contributed by atoms with van der Waals surface area (Å²) in [5.41, 5.74) is 0.503. The summed E-state index contributed by atoms with van der Waals surface area (Å²) >= 11 is 0. The molecule has 0 radical (unpaired) electrons. The van der Waals surface area contributed by atoms with Crippen LogP contribution in [0.4, 0.5) is 5.69 Å². The molecule has 2 aliphatic carbocycles. The van der Waals surface area contributed by atoms with Gasteiger partial charge >= 0.3 is 0 Å². The first-order valence-corrected chi connectivity index (χ1v) is 12.3. The van der Waals surface area contributed by atoms with Gasteiger partial charge in [-0.25, -0.2) is 0 Å². The standard InChI is InChI=1S/C27H32N2O4/c1-29(20-11-12-23-24(15-20)33-14-13-32-23)16-21-22(17-29)25(21)28-26(30)27(31,19-9-5-6-10-19)18-7-3-2-4-8-18/h2-4,7-8,11-12,15,19,21-22,25,31H,5-6,9-10,13-14,16-17H2,1H3/p+1/t21-,22?,25+,27?,29?/m1/s1. The summed E-state index contributed by atoms with van der Waals surface area (Å²) in [6.45, 7) is 3.13. The largest absolute Gasteiger partial charge is 0.486 e. The minimum Gasteiger partial charge on any atom is -0.486 e. The van der Waals surface area contributed by atoms with E-state index in [1.54, 1.807) is 0 Å². The van der Waals surface area contributed by atoms with Crippen molar-refractivity contribution in [3.05, 3.63) is 54.1 Å². The molecular weight excluding hydrogens is 416 g/mol. The zero-order valence-electron chi connectivity index (χ0n) is 19.2. The summed E-state index contributed by atoms with van der Waals surface area (Å²) in [4.78, 5) is 13.5. The molecule has 2 aliphatic heterocycles. The number of ether oxygens (including phenoxy) is 2. The van der Waals surface area contributed by atoms with E-state index < -0.39 is 5.60 Å². The van der Waals surface area contributed by atoms with Crippen LogP contribution in [0.15, 0.2) is 48.5 Å². The van der Waals surface area contributed by atoms with Gasteiger partial charge in [0.15, 0.2) is 17.1 Å². The Kier molecular flexibility index (Phi) is 4.93. The monoisotopic (exact) mass is 449 g/mol. The van der Waals surface area contributed by atoms with E-state index in [0.717, 1.165) is 60.3 Å². The SMILES string of the molecule is C[N+]1(c2ccc3c(c2)OCCO3)CC2[C@@H](C1)[C@@H]2NC(=O)C(O)(c1ccccc1)C1CCCC1. The summed E-state index contributed by atoms with van der Waals surface area (Å²) in [6, 6.07) is 15.9. The number of benzene rings is 2. The molecule has 3 unspecified atom stereocenters. The first-order valence-electron chi connectivity index (χ1n) is 12.3. The van der Waals surface area contributed by atoms with E-state index in [0.29, 0.717) is 25.0 Å². The number of carbonyl (C=O) groups excluding carboxylic acids is 1. The van der Waals surface area contributed by atoms with E-state index in [1.807, 2.05) is 36.4 Å². The number of amides is 1. The maximum Gasteiger partial charge on any atom is 0.257 e. The van der Waals surface area contributed by atoms with Crippen LogP contribution in [0.25, 0.3) is 0 Å². The van der Waals surface area contributed by atoms with Gasteiger partial charge in [-0.2, -0.15) is 0 Å². The minimum atomic E-state index is -1.44. The molecule has 6 heteroatoms. The Morgan fingerprint density at radius 3 is 2.36 bits per heavy atom. The van der Waals surface area contributed by atoms with Crippen molar-refractivity contribution < 1.29 is 19.4 Å². The number of hydrogen-bond acceptors (Lipinski definition) is 4. The summed E-state index contributed by atoms with van der Waals surface area (Å²) in [5.74, 6) is 2.29. The molecule has 3 fully saturated rings. The van der Waals surface area contributed by atoms with Crippen LogP contribution in [0, 0.1) is 17.8 Å². The lowest BCUT2D eigenvalue weighted by Crippen LogP contribution is -2.52. The van der Waals surface area contributed by atoms with Crippen molar-refractivity contribution in [3.63, 3.8) is 0 Å². The smallest absolute Gasteiger partial charge is 0.257 e. The van der Waals surface area contributed by atoms with Gasteiger partial charge in [-0.15, -0.1) is 0 Å². The zero-order chi connectivity index (χ0) is 22.6. The van der Waals surface area contributed by atoms with Gasteiger partial charge in [-0.1, -0.05) is 43.2 Å². The molecular formula is C27H33N2O4+. The van der Waals surface area contributed by atoms with Gasteiger partial charge in [-0.3, -0.25) is 9.28 Å². The molecule has 0 spiro atoms. The van der Waals surface area contributed by atoms with Crippen molar-refractivity contribution in [1.29, 1.82) is 0 Å². The van der Waals surface area contributed by atoms with Gasteiger partial charge in [0.2, 0.25) is 0 Å². The second-order valence-corrected chi connectivity index (χ2v) is 10.5. The predicted octanol–water partition coefficient (Wildman–Crippen LogP) is 3.22.